The second-order valence-electron chi connectivity index (χ2n) is 4.01. The largest absolute Gasteiger partial charge is 0.478 e. The first-order valence-electron chi connectivity index (χ1n) is 5.65. The van der Waals surface area contributed by atoms with Gasteiger partial charge in [-0.25, -0.2) is 0 Å². The van der Waals surface area contributed by atoms with Crippen LogP contribution in [0.15, 0.2) is 24.3 Å². The molecule has 1 aromatic rings. The summed E-state index contributed by atoms with van der Waals surface area (Å²) in [5.74, 6) is -1.08. The van der Waals surface area contributed by atoms with E-state index in [0.717, 1.165) is 0 Å². The Labute approximate surface area is 108 Å². The molecule has 0 aliphatic carbocycles. The molecular weight excluding hydrogens is 261 g/mol. The lowest BCUT2D eigenvalue weighted by molar-refractivity contribution is -0.200. The van der Waals surface area contributed by atoms with E-state index in [1.54, 1.807) is 0 Å². The summed E-state index contributed by atoms with van der Waals surface area (Å²) in [6.45, 7) is 1.52. The molecule has 0 bridgehead atoms. The molecule has 2 atom stereocenters. The van der Waals surface area contributed by atoms with Crippen LogP contribution in [0.1, 0.15) is 23.7 Å². The van der Waals surface area contributed by atoms with Gasteiger partial charge in [-0.15, -0.1) is 0 Å². The predicted molar refractivity (Wildman–Crippen MR) is 63.7 cm³/mol. The molecule has 4 nitrogen and oxygen atoms in total. The predicted octanol–water partition coefficient (Wildman–Crippen LogP) is 1.83. The summed E-state index contributed by atoms with van der Waals surface area (Å²) in [5, 5.41) is 0. The van der Waals surface area contributed by atoms with Crippen molar-refractivity contribution in [2.75, 3.05) is 0 Å². The molecule has 0 aliphatic heterocycles. The SMILES string of the molecule is CCC(N)C(Oc1ccccc1C(N)=O)C(F)(F)F. The molecule has 0 heterocycles. The number of halogens is 3. The molecule has 0 aromatic heterocycles. The van der Waals surface area contributed by atoms with Gasteiger partial charge in [0.25, 0.3) is 5.91 Å². The van der Waals surface area contributed by atoms with Gasteiger partial charge < -0.3 is 16.2 Å². The molecule has 1 rings (SSSR count). The van der Waals surface area contributed by atoms with Crippen molar-refractivity contribution in [2.45, 2.75) is 31.7 Å². The number of primary amides is 1. The zero-order chi connectivity index (χ0) is 14.6. The van der Waals surface area contributed by atoms with Gasteiger partial charge >= 0.3 is 6.18 Å². The Hall–Kier alpha value is -1.76. The molecule has 0 aliphatic rings. The smallest absolute Gasteiger partial charge is 0.426 e. The highest BCUT2D eigenvalue weighted by atomic mass is 19.4. The quantitative estimate of drug-likeness (QED) is 0.861. The molecule has 0 fully saturated rings. The first-order valence-corrected chi connectivity index (χ1v) is 5.65. The van der Waals surface area contributed by atoms with Gasteiger partial charge in [0.05, 0.1) is 11.6 Å². The summed E-state index contributed by atoms with van der Waals surface area (Å²) >= 11 is 0. The third-order valence-corrected chi connectivity index (χ3v) is 2.59. The summed E-state index contributed by atoms with van der Waals surface area (Å²) in [4.78, 5) is 11.1. The van der Waals surface area contributed by atoms with Crippen molar-refractivity contribution in [3.63, 3.8) is 0 Å². The number of hydrogen-bond acceptors (Lipinski definition) is 3. The number of benzene rings is 1. The Morgan fingerprint density at radius 2 is 1.95 bits per heavy atom. The van der Waals surface area contributed by atoms with Crippen LogP contribution in [0, 0.1) is 0 Å². The van der Waals surface area contributed by atoms with Crippen LogP contribution in [0.5, 0.6) is 5.75 Å². The highest BCUT2D eigenvalue weighted by Crippen LogP contribution is 2.29. The summed E-state index contributed by atoms with van der Waals surface area (Å²) in [5.41, 5.74) is 10.4. The third-order valence-electron chi connectivity index (χ3n) is 2.59. The fraction of sp³-hybridized carbons (Fsp3) is 0.417. The van der Waals surface area contributed by atoms with Crippen LogP contribution in [0.3, 0.4) is 0 Å². The molecule has 4 N–H and O–H groups in total. The van der Waals surface area contributed by atoms with Crippen molar-refractivity contribution < 1.29 is 22.7 Å². The summed E-state index contributed by atoms with van der Waals surface area (Å²) in [6.07, 6.45) is -6.72. The average molecular weight is 276 g/mol. The molecule has 2 unspecified atom stereocenters. The molecule has 106 valence electrons. The number of ether oxygens (including phenoxy) is 1. The van der Waals surface area contributed by atoms with Crippen molar-refractivity contribution in [3.8, 4) is 5.75 Å². The Balaban J connectivity index is 3.07. The molecule has 0 saturated heterocycles. The van der Waals surface area contributed by atoms with E-state index in [9.17, 15) is 18.0 Å². The zero-order valence-corrected chi connectivity index (χ0v) is 10.3. The second-order valence-corrected chi connectivity index (χ2v) is 4.01. The number of nitrogens with two attached hydrogens (primary N) is 2. The van der Waals surface area contributed by atoms with Gasteiger partial charge in [-0.2, -0.15) is 13.2 Å². The number of carbonyl (C=O) groups is 1. The van der Waals surface area contributed by atoms with Crippen molar-refractivity contribution in [1.82, 2.24) is 0 Å². The maximum Gasteiger partial charge on any atom is 0.426 e. The van der Waals surface area contributed by atoms with Gasteiger partial charge in [-0.05, 0) is 18.6 Å². The lowest BCUT2D eigenvalue weighted by Gasteiger charge is -2.26. The molecule has 0 saturated carbocycles. The van der Waals surface area contributed by atoms with Crippen molar-refractivity contribution >= 4 is 5.91 Å². The van der Waals surface area contributed by atoms with Gasteiger partial charge in [0.1, 0.15) is 5.75 Å². The molecule has 1 aromatic carbocycles. The number of rotatable bonds is 5. The van der Waals surface area contributed by atoms with E-state index in [4.69, 9.17) is 16.2 Å². The first-order chi connectivity index (χ1) is 8.77. The van der Waals surface area contributed by atoms with E-state index >= 15 is 0 Å². The van der Waals surface area contributed by atoms with E-state index in [1.165, 1.54) is 31.2 Å². The monoisotopic (exact) mass is 276 g/mol. The molecule has 0 spiro atoms. The number of para-hydroxylation sites is 1. The Bertz CT molecular complexity index is 449. The van der Waals surface area contributed by atoms with Crippen molar-refractivity contribution in [3.05, 3.63) is 29.8 Å². The van der Waals surface area contributed by atoms with E-state index in [-0.39, 0.29) is 17.7 Å². The topological polar surface area (TPSA) is 78.3 Å². The molecule has 0 radical (unpaired) electrons. The normalized spacial score (nSPS) is 14.8. The minimum atomic E-state index is -4.62. The van der Waals surface area contributed by atoms with Crippen LogP contribution in [0.25, 0.3) is 0 Å². The van der Waals surface area contributed by atoms with E-state index in [1.807, 2.05) is 0 Å². The van der Waals surface area contributed by atoms with Gasteiger partial charge in [-0.1, -0.05) is 19.1 Å². The number of hydrogen-bond donors (Lipinski definition) is 2. The van der Waals surface area contributed by atoms with E-state index in [0.29, 0.717) is 0 Å². The molecule has 7 heteroatoms. The van der Waals surface area contributed by atoms with Crippen LogP contribution in [-0.2, 0) is 0 Å². The van der Waals surface area contributed by atoms with Gasteiger partial charge in [0, 0.05) is 0 Å². The summed E-state index contributed by atoms with van der Waals surface area (Å²) in [6, 6.07) is 4.26. The number of amides is 1. The lowest BCUT2D eigenvalue weighted by atomic mass is 10.1. The lowest BCUT2D eigenvalue weighted by Crippen LogP contribution is -2.48. The van der Waals surface area contributed by atoms with Crippen LogP contribution in [0.4, 0.5) is 13.2 Å². The molecule has 19 heavy (non-hydrogen) atoms. The Kier molecular flexibility index (Phi) is 4.77. The molecule has 1 amide bonds. The maximum absolute atomic E-state index is 12.9. The number of alkyl halides is 3. The minimum Gasteiger partial charge on any atom is -0.478 e. The highest BCUT2D eigenvalue weighted by molar-refractivity contribution is 5.95. The average Bonchev–Trinajstić information content (AvgIpc) is 2.34. The van der Waals surface area contributed by atoms with E-state index < -0.39 is 24.2 Å². The van der Waals surface area contributed by atoms with Crippen LogP contribution >= 0.6 is 0 Å². The standard InChI is InChI=1S/C12H15F3N2O2/c1-2-8(16)10(12(13,14)15)19-9-6-4-3-5-7(9)11(17)18/h3-6,8,10H,2,16H2,1H3,(H2,17,18). The van der Waals surface area contributed by atoms with Crippen molar-refractivity contribution in [2.24, 2.45) is 11.5 Å². The second kappa shape index (κ2) is 5.92. The fourth-order valence-corrected chi connectivity index (χ4v) is 1.52. The Morgan fingerprint density at radius 3 is 2.42 bits per heavy atom. The van der Waals surface area contributed by atoms with Gasteiger partial charge in [-0.3, -0.25) is 4.79 Å². The first kappa shape index (κ1) is 15.3. The highest BCUT2D eigenvalue weighted by Gasteiger charge is 2.45. The Morgan fingerprint density at radius 1 is 1.37 bits per heavy atom. The summed E-state index contributed by atoms with van der Waals surface area (Å²) < 4.78 is 43.4. The minimum absolute atomic E-state index is 0.0862. The zero-order valence-electron chi connectivity index (χ0n) is 10.3. The fourth-order valence-electron chi connectivity index (χ4n) is 1.52. The summed E-state index contributed by atoms with van der Waals surface area (Å²) in [7, 11) is 0. The van der Waals surface area contributed by atoms with E-state index in [2.05, 4.69) is 0 Å². The molecular formula is C12H15F3N2O2. The van der Waals surface area contributed by atoms with Crippen LogP contribution in [-0.4, -0.2) is 24.2 Å². The maximum atomic E-state index is 12.9. The van der Waals surface area contributed by atoms with Gasteiger partial charge in [0.2, 0.25) is 6.10 Å². The van der Waals surface area contributed by atoms with Gasteiger partial charge in [0.15, 0.2) is 0 Å². The van der Waals surface area contributed by atoms with Crippen molar-refractivity contribution in [1.29, 1.82) is 0 Å². The third kappa shape index (κ3) is 3.85. The number of carbonyl (C=O) groups excluding carboxylic acids is 1. The van der Waals surface area contributed by atoms with Crippen LogP contribution < -0.4 is 16.2 Å². The van der Waals surface area contributed by atoms with Crippen LogP contribution in [0.2, 0.25) is 0 Å².